The monoisotopic (exact) mass is 463 g/mol. The molecule has 178 valence electrons. The molecule has 0 saturated carbocycles. The van der Waals surface area contributed by atoms with Crippen molar-refractivity contribution in [2.24, 2.45) is 0 Å². The number of methoxy groups -OCH3 is 2. The average molecular weight is 464 g/mol. The van der Waals surface area contributed by atoms with E-state index in [0.717, 1.165) is 16.7 Å². The Bertz CT molecular complexity index is 1120. The number of amides is 1. The summed E-state index contributed by atoms with van der Waals surface area (Å²) in [6, 6.07) is 19.4. The zero-order valence-electron chi connectivity index (χ0n) is 19.8. The van der Waals surface area contributed by atoms with Crippen molar-refractivity contribution in [2.75, 3.05) is 27.4 Å². The molecule has 0 spiro atoms. The number of carbonyl (C=O) groups excluding carboxylic acids is 1. The summed E-state index contributed by atoms with van der Waals surface area (Å²) in [6.45, 7) is 2.85. The minimum absolute atomic E-state index is 0.0711. The van der Waals surface area contributed by atoms with Crippen LogP contribution in [0.1, 0.15) is 42.0 Å². The van der Waals surface area contributed by atoms with Crippen LogP contribution in [0.25, 0.3) is 0 Å². The number of carbonyl (C=O) groups is 1. The minimum Gasteiger partial charge on any atom is -0.493 e. The molecule has 0 unspecified atom stereocenters. The van der Waals surface area contributed by atoms with Crippen molar-refractivity contribution >= 4 is 5.91 Å². The van der Waals surface area contributed by atoms with Gasteiger partial charge in [0.25, 0.3) is 0 Å². The maximum atomic E-state index is 13.8. The van der Waals surface area contributed by atoms with E-state index in [1.807, 2.05) is 54.3 Å². The highest BCUT2D eigenvalue weighted by molar-refractivity contribution is 5.84. The van der Waals surface area contributed by atoms with Gasteiger partial charge < -0.3 is 19.1 Å². The van der Waals surface area contributed by atoms with E-state index in [0.29, 0.717) is 36.6 Å². The van der Waals surface area contributed by atoms with Crippen molar-refractivity contribution in [1.82, 2.24) is 4.90 Å². The van der Waals surface area contributed by atoms with Gasteiger partial charge in [-0.05, 0) is 65.9 Å². The summed E-state index contributed by atoms with van der Waals surface area (Å²) in [4.78, 5) is 15.8. The molecule has 2 atom stereocenters. The average Bonchev–Trinajstić information content (AvgIpc) is 2.88. The lowest BCUT2D eigenvalue weighted by Gasteiger charge is -2.39. The predicted molar refractivity (Wildman–Crippen MR) is 129 cm³/mol. The SMILES string of the molecule is CC[C@H](C(=O)N1CCc2cc(OC)c(OC)cc2[C@H]1COc1ccc(F)cc1)c1ccccc1. The van der Waals surface area contributed by atoms with Gasteiger partial charge in [-0.2, -0.15) is 0 Å². The second-order valence-electron chi connectivity index (χ2n) is 8.34. The third kappa shape index (κ3) is 4.86. The summed E-state index contributed by atoms with van der Waals surface area (Å²) in [7, 11) is 3.21. The molecule has 1 aliphatic heterocycles. The van der Waals surface area contributed by atoms with E-state index in [2.05, 4.69) is 0 Å². The molecule has 1 amide bonds. The number of ether oxygens (including phenoxy) is 3. The second kappa shape index (κ2) is 10.6. The van der Waals surface area contributed by atoms with E-state index < -0.39 is 0 Å². The number of hydrogen-bond acceptors (Lipinski definition) is 4. The van der Waals surface area contributed by atoms with E-state index in [-0.39, 0.29) is 30.3 Å². The van der Waals surface area contributed by atoms with E-state index in [4.69, 9.17) is 14.2 Å². The molecule has 0 aliphatic carbocycles. The smallest absolute Gasteiger partial charge is 0.230 e. The summed E-state index contributed by atoms with van der Waals surface area (Å²) in [5.74, 6) is 1.33. The fraction of sp³-hybridized carbons (Fsp3) is 0.321. The van der Waals surface area contributed by atoms with Crippen LogP contribution in [-0.2, 0) is 11.2 Å². The number of rotatable bonds is 8. The summed E-state index contributed by atoms with van der Waals surface area (Å²) >= 11 is 0. The molecule has 0 aromatic heterocycles. The topological polar surface area (TPSA) is 48.0 Å². The fourth-order valence-corrected chi connectivity index (χ4v) is 4.62. The molecule has 0 bridgehead atoms. The lowest BCUT2D eigenvalue weighted by Crippen LogP contribution is -2.44. The van der Waals surface area contributed by atoms with E-state index >= 15 is 0 Å². The standard InChI is InChI=1S/C28H30FNO4/c1-4-23(19-8-6-5-7-9-19)28(31)30-15-14-20-16-26(32-2)27(33-3)17-24(20)25(30)18-34-22-12-10-21(29)11-13-22/h5-13,16-17,23,25H,4,14-15,18H2,1-3H3/t23-,25+/m0/s1. The molecule has 0 radical (unpaired) electrons. The Labute approximate surface area is 200 Å². The fourth-order valence-electron chi connectivity index (χ4n) is 4.62. The molecule has 3 aromatic rings. The maximum absolute atomic E-state index is 13.8. The van der Waals surface area contributed by atoms with Crippen LogP contribution in [0.4, 0.5) is 4.39 Å². The molecule has 1 heterocycles. The van der Waals surface area contributed by atoms with Crippen LogP contribution < -0.4 is 14.2 Å². The highest BCUT2D eigenvalue weighted by Gasteiger charge is 2.35. The van der Waals surface area contributed by atoms with Gasteiger partial charge in [-0.1, -0.05) is 37.3 Å². The molecule has 0 saturated heterocycles. The lowest BCUT2D eigenvalue weighted by molar-refractivity contribution is -0.136. The third-order valence-electron chi connectivity index (χ3n) is 6.42. The van der Waals surface area contributed by atoms with E-state index in [1.165, 1.54) is 12.1 Å². The molecule has 34 heavy (non-hydrogen) atoms. The van der Waals surface area contributed by atoms with Gasteiger partial charge >= 0.3 is 0 Å². The highest BCUT2D eigenvalue weighted by Crippen LogP contribution is 2.40. The molecular formula is C28H30FNO4. The van der Waals surface area contributed by atoms with Gasteiger partial charge in [-0.15, -0.1) is 0 Å². The van der Waals surface area contributed by atoms with Gasteiger partial charge in [-0.25, -0.2) is 4.39 Å². The zero-order valence-corrected chi connectivity index (χ0v) is 19.8. The molecule has 1 aliphatic rings. The van der Waals surface area contributed by atoms with Crippen molar-refractivity contribution < 1.29 is 23.4 Å². The Hall–Kier alpha value is -3.54. The maximum Gasteiger partial charge on any atom is 0.230 e. The normalized spacial score (nSPS) is 15.9. The Morgan fingerprint density at radius 1 is 1.03 bits per heavy atom. The number of halogens is 1. The molecule has 4 rings (SSSR count). The quantitative estimate of drug-likeness (QED) is 0.440. The molecule has 0 N–H and O–H groups in total. The Balaban J connectivity index is 1.69. The first kappa shape index (κ1) is 23.6. The minimum atomic E-state index is -0.322. The van der Waals surface area contributed by atoms with Crippen LogP contribution in [0.15, 0.2) is 66.7 Å². The van der Waals surface area contributed by atoms with Crippen LogP contribution in [0.5, 0.6) is 17.2 Å². The van der Waals surface area contributed by atoms with Crippen molar-refractivity contribution in [2.45, 2.75) is 31.7 Å². The van der Waals surface area contributed by atoms with Crippen LogP contribution in [0.2, 0.25) is 0 Å². The van der Waals surface area contributed by atoms with E-state index in [9.17, 15) is 9.18 Å². The van der Waals surface area contributed by atoms with Gasteiger partial charge in [0.1, 0.15) is 18.2 Å². The zero-order chi connectivity index (χ0) is 24.1. The first-order valence-corrected chi connectivity index (χ1v) is 11.5. The Morgan fingerprint density at radius 2 is 1.71 bits per heavy atom. The molecule has 5 nitrogen and oxygen atoms in total. The highest BCUT2D eigenvalue weighted by atomic mass is 19.1. The van der Waals surface area contributed by atoms with Crippen LogP contribution in [-0.4, -0.2) is 38.2 Å². The van der Waals surface area contributed by atoms with Gasteiger partial charge in [-0.3, -0.25) is 4.79 Å². The van der Waals surface area contributed by atoms with Crippen molar-refractivity contribution in [3.05, 3.63) is 89.2 Å². The Morgan fingerprint density at radius 3 is 2.35 bits per heavy atom. The summed E-state index contributed by atoms with van der Waals surface area (Å²) < 4.78 is 30.5. The van der Waals surface area contributed by atoms with Gasteiger partial charge in [0.2, 0.25) is 5.91 Å². The van der Waals surface area contributed by atoms with E-state index in [1.54, 1.807) is 26.4 Å². The summed E-state index contributed by atoms with van der Waals surface area (Å²) in [5.41, 5.74) is 3.08. The predicted octanol–water partition coefficient (Wildman–Crippen LogP) is 5.54. The van der Waals surface area contributed by atoms with Gasteiger partial charge in [0.05, 0.1) is 26.2 Å². The third-order valence-corrected chi connectivity index (χ3v) is 6.42. The molecule has 3 aromatic carbocycles. The number of fused-ring (bicyclic) bond motifs is 1. The largest absolute Gasteiger partial charge is 0.493 e. The van der Waals surface area contributed by atoms with Gasteiger partial charge in [0, 0.05) is 6.54 Å². The molecular weight excluding hydrogens is 433 g/mol. The summed E-state index contributed by atoms with van der Waals surface area (Å²) in [5, 5.41) is 0. The lowest BCUT2D eigenvalue weighted by atomic mass is 9.89. The van der Waals surface area contributed by atoms with Crippen LogP contribution in [0, 0.1) is 5.82 Å². The van der Waals surface area contributed by atoms with Crippen LogP contribution in [0.3, 0.4) is 0 Å². The number of hydrogen-bond donors (Lipinski definition) is 0. The van der Waals surface area contributed by atoms with Crippen molar-refractivity contribution in [3.63, 3.8) is 0 Å². The van der Waals surface area contributed by atoms with Crippen LogP contribution >= 0.6 is 0 Å². The second-order valence-corrected chi connectivity index (χ2v) is 8.34. The summed E-state index contributed by atoms with van der Waals surface area (Å²) in [6.07, 6.45) is 1.41. The van der Waals surface area contributed by atoms with Crippen molar-refractivity contribution in [3.8, 4) is 17.2 Å². The number of nitrogens with zero attached hydrogens (tertiary/aromatic N) is 1. The number of benzene rings is 3. The van der Waals surface area contributed by atoms with Crippen molar-refractivity contribution in [1.29, 1.82) is 0 Å². The molecule has 6 heteroatoms. The van der Waals surface area contributed by atoms with Gasteiger partial charge in [0.15, 0.2) is 11.5 Å². The first-order chi connectivity index (χ1) is 16.5. The first-order valence-electron chi connectivity index (χ1n) is 11.5. The Kier molecular flexibility index (Phi) is 7.36. The molecule has 0 fully saturated rings.